The third kappa shape index (κ3) is 3.21. The summed E-state index contributed by atoms with van der Waals surface area (Å²) in [6, 6.07) is 19.4. The number of nitrogens with zero attached hydrogens (tertiary/aromatic N) is 3. The largest absolute Gasteiger partial charge is 0.360 e. The van der Waals surface area contributed by atoms with Gasteiger partial charge in [-0.25, -0.2) is 4.98 Å². The van der Waals surface area contributed by atoms with Crippen molar-refractivity contribution in [2.75, 3.05) is 23.3 Å². The van der Waals surface area contributed by atoms with E-state index in [1.54, 1.807) is 0 Å². The Morgan fingerprint density at radius 3 is 2.25 bits per heavy atom. The highest BCUT2D eigenvalue weighted by molar-refractivity contribution is 5.90. The Hall–Kier alpha value is -2.62. The lowest BCUT2D eigenvalue weighted by Crippen LogP contribution is -2.38. The van der Waals surface area contributed by atoms with Crippen molar-refractivity contribution < 1.29 is 0 Å². The van der Waals surface area contributed by atoms with Gasteiger partial charge in [0.2, 0.25) is 5.95 Å². The van der Waals surface area contributed by atoms with Gasteiger partial charge < -0.3 is 10.2 Å². The maximum Gasteiger partial charge on any atom is 0.227 e. The fourth-order valence-electron chi connectivity index (χ4n) is 4.84. The predicted octanol–water partition coefficient (Wildman–Crippen LogP) is 5.50. The normalized spacial score (nSPS) is 19.1. The van der Waals surface area contributed by atoms with E-state index in [0.29, 0.717) is 0 Å². The van der Waals surface area contributed by atoms with Gasteiger partial charge in [0.15, 0.2) is 0 Å². The molecular weight excluding hydrogens is 344 g/mol. The molecule has 0 radical (unpaired) electrons. The van der Waals surface area contributed by atoms with E-state index in [1.165, 1.54) is 37.7 Å². The number of para-hydroxylation sites is 1. The Labute approximate surface area is 167 Å². The summed E-state index contributed by atoms with van der Waals surface area (Å²) >= 11 is 0. The molecule has 2 aliphatic rings. The first-order valence-corrected chi connectivity index (χ1v) is 10.7. The van der Waals surface area contributed by atoms with Crippen LogP contribution >= 0.6 is 0 Å². The van der Waals surface area contributed by atoms with Crippen molar-refractivity contribution >= 4 is 22.7 Å². The number of hydrogen-bond donors (Lipinski definition) is 1. The number of rotatable bonds is 4. The molecule has 1 N–H and O–H groups in total. The second-order valence-corrected chi connectivity index (χ2v) is 8.22. The summed E-state index contributed by atoms with van der Waals surface area (Å²) < 4.78 is 0. The minimum absolute atomic E-state index is 0.0427. The topological polar surface area (TPSA) is 41.1 Å². The van der Waals surface area contributed by atoms with Gasteiger partial charge in [-0.2, -0.15) is 4.98 Å². The summed E-state index contributed by atoms with van der Waals surface area (Å²) in [5, 5.41) is 5.06. The molecule has 0 amide bonds. The van der Waals surface area contributed by atoms with Crippen LogP contribution in [0.3, 0.4) is 0 Å². The lowest BCUT2D eigenvalue weighted by Gasteiger charge is -2.39. The lowest BCUT2D eigenvalue weighted by molar-refractivity contribution is 0.330. The molecule has 144 valence electrons. The van der Waals surface area contributed by atoms with Crippen LogP contribution in [0.5, 0.6) is 0 Å². The van der Waals surface area contributed by atoms with Crippen molar-refractivity contribution in [1.29, 1.82) is 0 Å². The first-order valence-electron chi connectivity index (χ1n) is 10.7. The van der Waals surface area contributed by atoms with E-state index in [-0.39, 0.29) is 5.54 Å². The Morgan fingerprint density at radius 1 is 0.750 bits per heavy atom. The van der Waals surface area contributed by atoms with E-state index in [1.807, 2.05) is 0 Å². The van der Waals surface area contributed by atoms with E-state index in [4.69, 9.17) is 9.97 Å². The highest BCUT2D eigenvalue weighted by Gasteiger charge is 2.34. The van der Waals surface area contributed by atoms with E-state index in [0.717, 1.165) is 48.6 Å². The Kier molecular flexibility index (Phi) is 4.63. The zero-order chi connectivity index (χ0) is 18.8. The Morgan fingerprint density at radius 2 is 1.46 bits per heavy atom. The smallest absolute Gasteiger partial charge is 0.227 e. The molecule has 1 aromatic heterocycles. The van der Waals surface area contributed by atoms with Crippen molar-refractivity contribution in [1.82, 2.24) is 9.97 Å². The summed E-state index contributed by atoms with van der Waals surface area (Å²) in [7, 11) is 0. The van der Waals surface area contributed by atoms with Crippen LogP contribution in [0.1, 0.15) is 50.5 Å². The molecule has 3 aromatic rings. The zero-order valence-electron chi connectivity index (χ0n) is 16.4. The molecule has 2 fully saturated rings. The third-order valence-corrected chi connectivity index (χ3v) is 6.37. The molecule has 0 unspecified atom stereocenters. The van der Waals surface area contributed by atoms with Crippen molar-refractivity contribution in [3.05, 3.63) is 60.2 Å². The highest BCUT2D eigenvalue weighted by atomic mass is 15.3. The van der Waals surface area contributed by atoms with Crippen LogP contribution in [0, 0.1) is 0 Å². The molecule has 5 rings (SSSR count). The van der Waals surface area contributed by atoms with Gasteiger partial charge >= 0.3 is 0 Å². The molecular formula is C24H28N4. The molecule has 4 nitrogen and oxygen atoms in total. The Balaban J connectivity index is 1.60. The van der Waals surface area contributed by atoms with Gasteiger partial charge in [-0.1, -0.05) is 61.7 Å². The van der Waals surface area contributed by atoms with E-state index >= 15 is 0 Å². The van der Waals surface area contributed by atoms with E-state index in [2.05, 4.69) is 64.8 Å². The van der Waals surface area contributed by atoms with Gasteiger partial charge in [0.1, 0.15) is 5.82 Å². The first kappa shape index (κ1) is 17.5. The molecule has 2 heterocycles. The average Bonchev–Trinajstić information content (AvgIpc) is 3.30. The molecule has 28 heavy (non-hydrogen) atoms. The van der Waals surface area contributed by atoms with Gasteiger partial charge in [0.05, 0.1) is 11.1 Å². The molecule has 0 spiro atoms. The number of fused-ring (bicyclic) bond motifs is 1. The monoisotopic (exact) mass is 372 g/mol. The minimum Gasteiger partial charge on any atom is -0.360 e. The molecule has 1 aliphatic heterocycles. The summed E-state index contributed by atoms with van der Waals surface area (Å²) in [5.41, 5.74) is 2.36. The molecule has 4 heteroatoms. The number of hydrogen-bond acceptors (Lipinski definition) is 4. The highest BCUT2D eigenvalue weighted by Crippen LogP contribution is 2.41. The third-order valence-electron chi connectivity index (χ3n) is 6.37. The Bertz CT molecular complexity index is 941. The second kappa shape index (κ2) is 7.42. The fourth-order valence-corrected chi connectivity index (χ4v) is 4.84. The van der Waals surface area contributed by atoms with Crippen LogP contribution in [0.15, 0.2) is 54.6 Å². The summed E-state index contributed by atoms with van der Waals surface area (Å²) in [6.45, 7) is 2.11. The summed E-state index contributed by atoms with van der Waals surface area (Å²) in [4.78, 5) is 12.3. The van der Waals surface area contributed by atoms with Crippen LogP contribution in [0.4, 0.5) is 11.8 Å². The summed E-state index contributed by atoms with van der Waals surface area (Å²) in [6.07, 6.45) is 8.58. The first-order chi connectivity index (χ1) is 13.8. The van der Waals surface area contributed by atoms with E-state index < -0.39 is 0 Å². The van der Waals surface area contributed by atoms with E-state index in [9.17, 15) is 0 Å². The van der Waals surface area contributed by atoms with Gasteiger partial charge in [0, 0.05) is 18.5 Å². The number of anilines is 2. The quantitative estimate of drug-likeness (QED) is 0.656. The number of aromatic nitrogens is 2. The van der Waals surface area contributed by atoms with Crippen LogP contribution in [0.25, 0.3) is 10.9 Å². The molecule has 2 aromatic carbocycles. The molecule has 1 saturated carbocycles. The van der Waals surface area contributed by atoms with Crippen LogP contribution in [-0.2, 0) is 5.54 Å². The van der Waals surface area contributed by atoms with Gasteiger partial charge in [-0.15, -0.1) is 0 Å². The molecule has 1 saturated heterocycles. The van der Waals surface area contributed by atoms with Crippen LogP contribution in [0.2, 0.25) is 0 Å². The van der Waals surface area contributed by atoms with Crippen LogP contribution < -0.4 is 10.2 Å². The number of nitrogens with one attached hydrogen (secondary N) is 1. The predicted molar refractivity (Wildman–Crippen MR) is 116 cm³/mol. The zero-order valence-corrected chi connectivity index (χ0v) is 16.4. The molecule has 1 aliphatic carbocycles. The average molecular weight is 373 g/mol. The molecule has 0 atom stereocenters. The van der Waals surface area contributed by atoms with Crippen LogP contribution in [-0.4, -0.2) is 23.1 Å². The van der Waals surface area contributed by atoms with Crippen molar-refractivity contribution in [2.24, 2.45) is 0 Å². The fraction of sp³-hybridized carbons (Fsp3) is 0.417. The van der Waals surface area contributed by atoms with Gasteiger partial charge in [-0.3, -0.25) is 0 Å². The standard InChI is InChI=1S/C24H28N4/c1-3-11-19(12-4-1)24(15-7-2-8-16-24)27-22-20-13-5-6-14-21(20)25-23(26-22)28-17-9-10-18-28/h1,3-6,11-14H,2,7-10,15-18H2,(H,25,26,27). The van der Waals surface area contributed by atoms with Crippen molar-refractivity contribution in [2.45, 2.75) is 50.5 Å². The lowest BCUT2D eigenvalue weighted by atomic mass is 9.76. The van der Waals surface area contributed by atoms with Gasteiger partial charge in [-0.05, 0) is 43.4 Å². The maximum atomic E-state index is 5.05. The van der Waals surface area contributed by atoms with Crippen molar-refractivity contribution in [3.63, 3.8) is 0 Å². The maximum absolute atomic E-state index is 5.05. The molecule has 0 bridgehead atoms. The minimum atomic E-state index is -0.0427. The van der Waals surface area contributed by atoms with Gasteiger partial charge in [0.25, 0.3) is 0 Å². The SMILES string of the molecule is c1ccc(C2(Nc3nc(N4CCCC4)nc4ccccc34)CCCCC2)cc1. The van der Waals surface area contributed by atoms with Crippen molar-refractivity contribution in [3.8, 4) is 0 Å². The number of benzene rings is 2. The summed E-state index contributed by atoms with van der Waals surface area (Å²) in [5.74, 6) is 1.86. The second-order valence-electron chi connectivity index (χ2n) is 8.22.